The van der Waals surface area contributed by atoms with E-state index in [2.05, 4.69) is 10.6 Å². The smallest absolute Gasteiger partial charge is 0.326 e. The summed E-state index contributed by atoms with van der Waals surface area (Å²) in [7, 11) is 0. The molecule has 3 aromatic carbocycles. The Balaban J connectivity index is 1.64. The van der Waals surface area contributed by atoms with E-state index in [9.17, 15) is 18.4 Å². The molecule has 0 aliphatic heterocycles. The SMILES string of the molecule is O=C(NCCCN(C(=O)Nc1ccc(Cl)c(Cl)c1)c1ccc(F)cc1)c1ccc(F)cc1. The van der Waals surface area contributed by atoms with Crippen molar-refractivity contribution in [3.63, 3.8) is 0 Å². The van der Waals surface area contributed by atoms with Crippen LogP contribution in [0.2, 0.25) is 10.0 Å². The first kappa shape index (κ1) is 23.5. The third-order valence-corrected chi connectivity index (χ3v) is 5.24. The minimum atomic E-state index is -0.458. The van der Waals surface area contributed by atoms with Crippen LogP contribution in [-0.2, 0) is 0 Å². The molecule has 0 aliphatic carbocycles. The van der Waals surface area contributed by atoms with Crippen LogP contribution in [-0.4, -0.2) is 25.0 Å². The average Bonchev–Trinajstić information content (AvgIpc) is 2.77. The highest BCUT2D eigenvalue weighted by Crippen LogP contribution is 2.25. The number of nitrogens with one attached hydrogen (secondary N) is 2. The molecule has 0 spiro atoms. The number of nitrogens with zero attached hydrogens (tertiary/aromatic N) is 1. The Morgan fingerprint density at radius 2 is 1.47 bits per heavy atom. The molecule has 0 bridgehead atoms. The minimum absolute atomic E-state index is 0.239. The van der Waals surface area contributed by atoms with E-state index >= 15 is 0 Å². The first-order valence-electron chi connectivity index (χ1n) is 9.66. The van der Waals surface area contributed by atoms with Crippen LogP contribution in [0.15, 0.2) is 66.7 Å². The van der Waals surface area contributed by atoms with Crippen LogP contribution in [0, 0.1) is 11.6 Å². The van der Waals surface area contributed by atoms with Crippen molar-refractivity contribution in [2.24, 2.45) is 0 Å². The number of rotatable bonds is 7. The molecule has 3 amide bonds. The van der Waals surface area contributed by atoms with Gasteiger partial charge in [0.25, 0.3) is 5.91 Å². The van der Waals surface area contributed by atoms with Crippen molar-refractivity contribution in [2.75, 3.05) is 23.3 Å². The highest BCUT2D eigenvalue weighted by atomic mass is 35.5. The Bertz CT molecular complexity index is 1090. The molecule has 3 rings (SSSR count). The molecule has 0 aromatic heterocycles. The fourth-order valence-corrected chi connectivity index (χ4v) is 3.17. The van der Waals surface area contributed by atoms with Crippen LogP contribution in [0.4, 0.5) is 25.0 Å². The fourth-order valence-electron chi connectivity index (χ4n) is 2.88. The van der Waals surface area contributed by atoms with Gasteiger partial charge in [0, 0.05) is 30.0 Å². The van der Waals surface area contributed by atoms with Gasteiger partial charge in [-0.3, -0.25) is 9.69 Å². The summed E-state index contributed by atoms with van der Waals surface area (Å²) in [5.41, 5.74) is 1.26. The lowest BCUT2D eigenvalue weighted by Crippen LogP contribution is -2.37. The Morgan fingerprint density at radius 1 is 0.844 bits per heavy atom. The molecule has 3 aromatic rings. The number of hydrogen-bond donors (Lipinski definition) is 2. The van der Waals surface area contributed by atoms with Gasteiger partial charge in [-0.05, 0) is 73.2 Å². The Labute approximate surface area is 193 Å². The molecule has 9 heteroatoms. The number of urea groups is 1. The molecule has 0 saturated heterocycles. The summed E-state index contributed by atoms with van der Waals surface area (Å²) in [6.45, 7) is 0.510. The zero-order chi connectivity index (χ0) is 23.1. The summed E-state index contributed by atoms with van der Waals surface area (Å²) in [6.07, 6.45) is 0.416. The summed E-state index contributed by atoms with van der Waals surface area (Å²) in [4.78, 5) is 26.5. The van der Waals surface area contributed by atoms with Gasteiger partial charge in [-0.2, -0.15) is 0 Å². The molecule has 166 valence electrons. The topological polar surface area (TPSA) is 61.4 Å². The van der Waals surface area contributed by atoms with Crippen molar-refractivity contribution < 1.29 is 18.4 Å². The zero-order valence-corrected chi connectivity index (χ0v) is 18.3. The highest BCUT2D eigenvalue weighted by molar-refractivity contribution is 6.42. The van der Waals surface area contributed by atoms with E-state index < -0.39 is 17.7 Å². The maximum absolute atomic E-state index is 13.3. The molecular formula is C23H19Cl2F2N3O2. The van der Waals surface area contributed by atoms with E-state index in [1.807, 2.05) is 0 Å². The second-order valence-corrected chi connectivity index (χ2v) is 7.62. The highest BCUT2D eigenvalue weighted by Gasteiger charge is 2.17. The monoisotopic (exact) mass is 477 g/mol. The van der Waals surface area contributed by atoms with Crippen LogP contribution >= 0.6 is 23.2 Å². The summed E-state index contributed by atoms with van der Waals surface area (Å²) in [6, 6.07) is 14.9. The van der Waals surface area contributed by atoms with Crippen molar-refractivity contribution in [1.82, 2.24) is 5.32 Å². The van der Waals surface area contributed by atoms with Gasteiger partial charge < -0.3 is 10.6 Å². The summed E-state index contributed by atoms with van der Waals surface area (Å²) < 4.78 is 26.3. The third-order valence-electron chi connectivity index (χ3n) is 4.50. The largest absolute Gasteiger partial charge is 0.352 e. The number of halogens is 4. The van der Waals surface area contributed by atoms with Gasteiger partial charge in [0.05, 0.1) is 10.0 Å². The van der Waals surface area contributed by atoms with Gasteiger partial charge in [-0.15, -0.1) is 0 Å². The van der Waals surface area contributed by atoms with Crippen LogP contribution in [0.5, 0.6) is 0 Å². The standard InChI is InChI=1S/C23H19Cl2F2N3O2/c24-20-11-8-18(14-21(20)25)29-23(32)30(19-9-6-17(27)7-10-19)13-1-12-28-22(31)15-2-4-16(26)5-3-15/h2-11,14H,1,12-13H2,(H,28,31)(H,29,32). The van der Waals surface area contributed by atoms with Gasteiger partial charge in [0.15, 0.2) is 0 Å². The number of anilines is 2. The Morgan fingerprint density at radius 3 is 2.09 bits per heavy atom. The number of carbonyl (C=O) groups is 2. The van der Waals surface area contributed by atoms with E-state index in [4.69, 9.17) is 23.2 Å². The van der Waals surface area contributed by atoms with Crippen molar-refractivity contribution in [2.45, 2.75) is 6.42 Å². The van der Waals surface area contributed by atoms with E-state index in [-0.39, 0.29) is 19.0 Å². The second kappa shape index (κ2) is 10.9. The van der Waals surface area contributed by atoms with Crippen molar-refractivity contribution in [1.29, 1.82) is 0 Å². The lowest BCUT2D eigenvalue weighted by atomic mass is 10.2. The quantitative estimate of drug-likeness (QED) is 0.402. The lowest BCUT2D eigenvalue weighted by molar-refractivity contribution is 0.0953. The maximum atomic E-state index is 13.3. The van der Waals surface area contributed by atoms with E-state index in [1.165, 1.54) is 59.5 Å². The van der Waals surface area contributed by atoms with Gasteiger partial charge in [0.2, 0.25) is 0 Å². The van der Waals surface area contributed by atoms with Crippen molar-refractivity contribution in [3.05, 3.63) is 94.0 Å². The predicted molar refractivity (Wildman–Crippen MR) is 123 cm³/mol. The van der Waals surface area contributed by atoms with Gasteiger partial charge in [0.1, 0.15) is 11.6 Å². The lowest BCUT2D eigenvalue weighted by Gasteiger charge is -2.23. The summed E-state index contributed by atoms with van der Waals surface area (Å²) in [5.74, 6) is -1.20. The van der Waals surface area contributed by atoms with Crippen molar-refractivity contribution in [3.8, 4) is 0 Å². The molecule has 0 unspecified atom stereocenters. The normalized spacial score (nSPS) is 10.5. The first-order chi connectivity index (χ1) is 15.3. The number of benzene rings is 3. The summed E-state index contributed by atoms with van der Waals surface area (Å²) >= 11 is 11.9. The Hall–Kier alpha value is -3.16. The van der Waals surface area contributed by atoms with Gasteiger partial charge in [-0.25, -0.2) is 13.6 Å². The fraction of sp³-hybridized carbons (Fsp3) is 0.130. The Kier molecular flexibility index (Phi) is 8.03. The van der Waals surface area contributed by atoms with Crippen molar-refractivity contribution >= 4 is 46.5 Å². The number of hydrogen-bond acceptors (Lipinski definition) is 2. The molecule has 0 heterocycles. The zero-order valence-electron chi connectivity index (χ0n) is 16.7. The molecule has 0 saturated carbocycles. The molecule has 0 aliphatic rings. The van der Waals surface area contributed by atoms with Crippen LogP contribution in [0.3, 0.4) is 0 Å². The van der Waals surface area contributed by atoms with E-state index in [1.54, 1.807) is 12.1 Å². The first-order valence-corrected chi connectivity index (χ1v) is 10.4. The molecule has 2 N–H and O–H groups in total. The number of amides is 3. The predicted octanol–water partition coefficient (Wildman–Crippen LogP) is 6.13. The molecule has 5 nitrogen and oxygen atoms in total. The molecule has 0 fully saturated rings. The van der Waals surface area contributed by atoms with Gasteiger partial charge in [-0.1, -0.05) is 23.2 Å². The van der Waals surface area contributed by atoms with E-state index in [0.717, 1.165) is 0 Å². The van der Waals surface area contributed by atoms with Crippen LogP contribution < -0.4 is 15.5 Å². The molecular weight excluding hydrogens is 459 g/mol. The van der Waals surface area contributed by atoms with Gasteiger partial charge >= 0.3 is 6.03 Å². The van der Waals surface area contributed by atoms with Crippen LogP contribution in [0.1, 0.15) is 16.8 Å². The van der Waals surface area contributed by atoms with Crippen LogP contribution in [0.25, 0.3) is 0 Å². The molecule has 32 heavy (non-hydrogen) atoms. The van der Waals surface area contributed by atoms with E-state index in [0.29, 0.717) is 33.4 Å². The number of carbonyl (C=O) groups excluding carboxylic acids is 2. The third kappa shape index (κ3) is 6.42. The molecule has 0 atom stereocenters. The average molecular weight is 478 g/mol. The minimum Gasteiger partial charge on any atom is -0.352 e. The summed E-state index contributed by atoms with van der Waals surface area (Å²) in [5, 5.41) is 6.11. The maximum Gasteiger partial charge on any atom is 0.326 e. The molecule has 0 radical (unpaired) electrons. The second-order valence-electron chi connectivity index (χ2n) is 6.80.